The van der Waals surface area contributed by atoms with Crippen LogP contribution in [0.2, 0.25) is 0 Å². The van der Waals surface area contributed by atoms with Crippen molar-refractivity contribution in [2.75, 3.05) is 32.0 Å². The molecule has 0 aliphatic rings. The van der Waals surface area contributed by atoms with Crippen LogP contribution in [0.4, 0.5) is 17.3 Å². The van der Waals surface area contributed by atoms with Crippen LogP contribution in [0.5, 0.6) is 17.2 Å². The predicted molar refractivity (Wildman–Crippen MR) is 134 cm³/mol. The van der Waals surface area contributed by atoms with E-state index in [1.165, 1.54) is 21.3 Å². The molecule has 35 heavy (non-hydrogen) atoms. The van der Waals surface area contributed by atoms with Gasteiger partial charge in [0.1, 0.15) is 0 Å². The number of nitrogens with zero attached hydrogens (tertiary/aromatic N) is 3. The topological polar surface area (TPSA) is 107 Å². The third-order valence-electron chi connectivity index (χ3n) is 5.30. The second-order valence-corrected chi connectivity index (χ2v) is 7.52. The molecule has 0 unspecified atom stereocenters. The number of anilines is 3. The van der Waals surface area contributed by atoms with Gasteiger partial charge < -0.3 is 24.8 Å². The van der Waals surface area contributed by atoms with Gasteiger partial charge in [0.05, 0.1) is 27.0 Å². The Hall–Kier alpha value is -4.66. The van der Waals surface area contributed by atoms with Crippen LogP contribution in [0.1, 0.15) is 15.9 Å². The molecule has 0 aliphatic heterocycles. The zero-order chi connectivity index (χ0) is 24.8. The molecular formula is C26H25N5O4. The van der Waals surface area contributed by atoms with Crippen LogP contribution in [-0.4, -0.2) is 42.2 Å². The third kappa shape index (κ3) is 5.30. The fraction of sp³-hybridized carbons (Fsp3) is 0.154. The average molecular weight is 472 g/mol. The van der Waals surface area contributed by atoms with Crippen molar-refractivity contribution in [1.29, 1.82) is 0 Å². The van der Waals surface area contributed by atoms with E-state index < -0.39 is 0 Å². The van der Waals surface area contributed by atoms with Crippen LogP contribution in [0.15, 0.2) is 67.1 Å². The molecule has 0 saturated carbocycles. The van der Waals surface area contributed by atoms with Gasteiger partial charge in [-0.2, -0.15) is 0 Å². The van der Waals surface area contributed by atoms with Gasteiger partial charge in [0, 0.05) is 41.1 Å². The van der Waals surface area contributed by atoms with E-state index in [0.717, 1.165) is 22.5 Å². The van der Waals surface area contributed by atoms with Gasteiger partial charge >= 0.3 is 0 Å². The highest BCUT2D eigenvalue weighted by molar-refractivity contribution is 6.05. The number of pyridine rings is 1. The summed E-state index contributed by atoms with van der Waals surface area (Å²) in [5.74, 6) is 1.33. The number of aryl methyl sites for hydroxylation is 1. The summed E-state index contributed by atoms with van der Waals surface area (Å²) in [6.45, 7) is 1.96. The van der Waals surface area contributed by atoms with Crippen LogP contribution >= 0.6 is 0 Å². The van der Waals surface area contributed by atoms with Crippen LogP contribution in [-0.2, 0) is 0 Å². The lowest BCUT2D eigenvalue weighted by Crippen LogP contribution is -2.13. The zero-order valence-electron chi connectivity index (χ0n) is 19.8. The second kappa shape index (κ2) is 10.5. The van der Waals surface area contributed by atoms with Crippen LogP contribution < -0.4 is 24.8 Å². The Balaban J connectivity index is 1.56. The number of rotatable bonds is 8. The van der Waals surface area contributed by atoms with E-state index in [2.05, 4.69) is 25.6 Å². The molecule has 0 bridgehead atoms. The standard InChI is InChI=1S/C26H25N5O4/c1-16-5-6-19(29-25(32)18-13-22(33-2)24(35-4)23(14-18)34-3)15-21(16)31-26-28-12-9-20(30-26)17-7-10-27-11-8-17/h5-15H,1-4H3,(H,29,32)(H,28,30,31). The van der Waals surface area contributed by atoms with E-state index in [0.29, 0.717) is 34.4 Å². The number of benzene rings is 2. The smallest absolute Gasteiger partial charge is 0.255 e. The highest BCUT2D eigenvalue weighted by atomic mass is 16.5. The second-order valence-electron chi connectivity index (χ2n) is 7.52. The molecule has 0 aliphatic carbocycles. The van der Waals surface area contributed by atoms with Gasteiger partial charge in [0.15, 0.2) is 11.5 Å². The Labute approximate surface area is 203 Å². The number of carbonyl (C=O) groups excluding carboxylic acids is 1. The summed E-state index contributed by atoms with van der Waals surface area (Å²) in [6.07, 6.45) is 5.13. The summed E-state index contributed by atoms with van der Waals surface area (Å²) in [7, 11) is 4.52. The molecule has 2 aromatic heterocycles. The van der Waals surface area contributed by atoms with Gasteiger partial charge in [-0.25, -0.2) is 9.97 Å². The van der Waals surface area contributed by atoms with Gasteiger partial charge in [0.2, 0.25) is 11.7 Å². The van der Waals surface area contributed by atoms with E-state index in [4.69, 9.17) is 14.2 Å². The molecule has 2 aromatic carbocycles. The van der Waals surface area contributed by atoms with Gasteiger partial charge in [-0.1, -0.05) is 6.07 Å². The van der Waals surface area contributed by atoms with Crippen molar-refractivity contribution in [3.8, 4) is 28.5 Å². The molecule has 9 heteroatoms. The lowest BCUT2D eigenvalue weighted by Gasteiger charge is -2.15. The number of methoxy groups -OCH3 is 3. The number of aromatic nitrogens is 3. The minimum atomic E-state index is -0.324. The maximum Gasteiger partial charge on any atom is 0.255 e. The number of hydrogen-bond donors (Lipinski definition) is 2. The van der Waals surface area contributed by atoms with Crippen molar-refractivity contribution < 1.29 is 19.0 Å². The van der Waals surface area contributed by atoms with Gasteiger partial charge in [-0.3, -0.25) is 9.78 Å². The maximum absolute atomic E-state index is 13.0. The predicted octanol–water partition coefficient (Wildman–Crippen LogP) is 4.87. The molecule has 4 rings (SSSR count). The summed E-state index contributed by atoms with van der Waals surface area (Å²) >= 11 is 0. The van der Waals surface area contributed by atoms with Gasteiger partial charge in [-0.15, -0.1) is 0 Å². The first-order chi connectivity index (χ1) is 17.0. The molecule has 0 radical (unpaired) electrons. The molecule has 2 N–H and O–H groups in total. The first kappa shape index (κ1) is 23.5. The van der Waals surface area contributed by atoms with Crippen molar-refractivity contribution in [3.63, 3.8) is 0 Å². The minimum absolute atomic E-state index is 0.324. The first-order valence-electron chi connectivity index (χ1n) is 10.7. The maximum atomic E-state index is 13.0. The number of amides is 1. The molecule has 0 saturated heterocycles. The highest BCUT2D eigenvalue weighted by Crippen LogP contribution is 2.38. The Morgan fingerprint density at radius 3 is 2.23 bits per heavy atom. The zero-order valence-corrected chi connectivity index (χ0v) is 19.8. The minimum Gasteiger partial charge on any atom is -0.493 e. The van der Waals surface area contributed by atoms with Gasteiger partial charge in [0.25, 0.3) is 5.91 Å². The Bertz CT molecular complexity index is 1320. The van der Waals surface area contributed by atoms with E-state index in [9.17, 15) is 4.79 Å². The molecule has 9 nitrogen and oxygen atoms in total. The summed E-state index contributed by atoms with van der Waals surface area (Å²) < 4.78 is 16.0. The molecule has 1 amide bonds. The van der Waals surface area contributed by atoms with Crippen LogP contribution in [0.3, 0.4) is 0 Å². The number of ether oxygens (including phenoxy) is 3. The molecule has 0 fully saturated rings. The largest absolute Gasteiger partial charge is 0.493 e. The molecule has 0 atom stereocenters. The van der Waals surface area contributed by atoms with Crippen molar-refractivity contribution >= 4 is 23.2 Å². The first-order valence-corrected chi connectivity index (χ1v) is 10.7. The highest BCUT2D eigenvalue weighted by Gasteiger charge is 2.17. The summed E-state index contributed by atoms with van der Waals surface area (Å²) in [5, 5.41) is 6.15. The van der Waals surface area contributed by atoms with E-state index in [-0.39, 0.29) is 5.91 Å². The molecule has 0 spiro atoms. The molecular weight excluding hydrogens is 446 g/mol. The fourth-order valence-electron chi connectivity index (χ4n) is 3.47. The summed E-state index contributed by atoms with van der Waals surface area (Å²) in [4.78, 5) is 26.0. The number of carbonyl (C=O) groups is 1. The quantitative estimate of drug-likeness (QED) is 0.375. The SMILES string of the molecule is COc1cc(C(=O)Nc2ccc(C)c(Nc3nccc(-c4ccncc4)n3)c2)cc(OC)c1OC. The fourth-order valence-corrected chi connectivity index (χ4v) is 3.47. The van der Waals surface area contributed by atoms with E-state index >= 15 is 0 Å². The number of nitrogens with one attached hydrogen (secondary N) is 2. The lowest BCUT2D eigenvalue weighted by atomic mass is 10.1. The van der Waals surface area contributed by atoms with E-state index in [1.807, 2.05) is 43.3 Å². The van der Waals surface area contributed by atoms with Gasteiger partial charge in [-0.05, 0) is 55.0 Å². The Morgan fingerprint density at radius 2 is 1.57 bits per heavy atom. The molecule has 4 aromatic rings. The molecule has 178 valence electrons. The molecule has 2 heterocycles. The monoisotopic (exact) mass is 471 g/mol. The van der Waals surface area contributed by atoms with E-state index in [1.54, 1.807) is 30.7 Å². The van der Waals surface area contributed by atoms with Crippen LogP contribution in [0, 0.1) is 6.92 Å². The van der Waals surface area contributed by atoms with Crippen molar-refractivity contribution in [3.05, 3.63) is 78.2 Å². The Morgan fingerprint density at radius 1 is 0.857 bits per heavy atom. The van der Waals surface area contributed by atoms with Crippen molar-refractivity contribution in [1.82, 2.24) is 15.0 Å². The van der Waals surface area contributed by atoms with Crippen molar-refractivity contribution in [2.24, 2.45) is 0 Å². The van der Waals surface area contributed by atoms with Crippen molar-refractivity contribution in [2.45, 2.75) is 6.92 Å². The number of hydrogen-bond acceptors (Lipinski definition) is 8. The Kier molecular flexibility index (Phi) is 7.06. The van der Waals surface area contributed by atoms with Crippen LogP contribution in [0.25, 0.3) is 11.3 Å². The summed E-state index contributed by atoms with van der Waals surface area (Å²) in [5.41, 5.74) is 4.40. The lowest BCUT2D eigenvalue weighted by molar-refractivity contribution is 0.102. The third-order valence-corrected chi connectivity index (χ3v) is 5.30. The normalized spacial score (nSPS) is 10.4. The average Bonchev–Trinajstić information content (AvgIpc) is 2.90. The summed E-state index contributed by atoms with van der Waals surface area (Å²) in [6, 6.07) is 14.4.